The number of hydrogen-bond acceptors (Lipinski definition) is 3. The molecule has 2 atom stereocenters. The van der Waals surface area contributed by atoms with Gasteiger partial charge in [-0.25, -0.2) is 0 Å². The van der Waals surface area contributed by atoms with E-state index in [1.807, 2.05) is 17.9 Å². The lowest BCUT2D eigenvalue weighted by molar-refractivity contribution is 0.321. The molecule has 1 aromatic carbocycles. The van der Waals surface area contributed by atoms with Gasteiger partial charge in [0.25, 0.3) is 0 Å². The molecule has 3 N–H and O–H groups in total. The van der Waals surface area contributed by atoms with Crippen LogP contribution in [0.5, 0.6) is 0 Å². The van der Waals surface area contributed by atoms with E-state index in [1.165, 1.54) is 23.1 Å². The highest BCUT2D eigenvalue weighted by Gasteiger charge is 2.25. The molecule has 1 aromatic heterocycles. The SMILES string of the molecule is Cn1cc(CC(NN)C2CCc3ccccc3C2)cn1. The monoisotopic (exact) mass is 270 g/mol. The largest absolute Gasteiger partial charge is 0.276 e. The summed E-state index contributed by atoms with van der Waals surface area (Å²) in [6.07, 6.45) is 8.42. The predicted octanol–water partition coefficient (Wildman–Crippen LogP) is 1.60. The Bertz CT molecular complexity index is 575. The van der Waals surface area contributed by atoms with Crippen molar-refractivity contribution in [1.29, 1.82) is 0 Å². The summed E-state index contributed by atoms with van der Waals surface area (Å²) in [6, 6.07) is 9.07. The van der Waals surface area contributed by atoms with Crippen LogP contribution in [-0.2, 0) is 26.3 Å². The minimum Gasteiger partial charge on any atom is -0.276 e. The average molecular weight is 270 g/mol. The quantitative estimate of drug-likeness (QED) is 0.655. The predicted molar refractivity (Wildman–Crippen MR) is 80.0 cm³/mol. The molecule has 0 radical (unpaired) electrons. The van der Waals surface area contributed by atoms with Gasteiger partial charge in [-0.2, -0.15) is 5.10 Å². The highest BCUT2D eigenvalue weighted by Crippen LogP contribution is 2.28. The molecule has 20 heavy (non-hydrogen) atoms. The topological polar surface area (TPSA) is 55.9 Å². The molecular weight excluding hydrogens is 248 g/mol. The van der Waals surface area contributed by atoms with Gasteiger partial charge in [-0.3, -0.25) is 16.0 Å². The zero-order chi connectivity index (χ0) is 13.9. The van der Waals surface area contributed by atoms with E-state index >= 15 is 0 Å². The van der Waals surface area contributed by atoms with Crippen molar-refractivity contribution in [3.05, 3.63) is 53.3 Å². The number of benzene rings is 1. The van der Waals surface area contributed by atoms with Gasteiger partial charge in [0.2, 0.25) is 0 Å². The number of rotatable bonds is 4. The van der Waals surface area contributed by atoms with E-state index in [0.29, 0.717) is 12.0 Å². The standard InChI is InChI=1S/C16H22N4/c1-20-11-12(10-18-20)8-16(19-17)15-7-6-13-4-2-3-5-14(13)9-15/h2-5,10-11,15-16,19H,6-9,17H2,1H3. The fourth-order valence-corrected chi connectivity index (χ4v) is 3.26. The van der Waals surface area contributed by atoms with Crippen LogP contribution in [0.15, 0.2) is 36.7 Å². The van der Waals surface area contributed by atoms with Gasteiger partial charge in [0, 0.05) is 19.3 Å². The van der Waals surface area contributed by atoms with Gasteiger partial charge < -0.3 is 0 Å². The molecule has 4 heteroatoms. The lowest BCUT2D eigenvalue weighted by atomic mass is 9.79. The van der Waals surface area contributed by atoms with E-state index < -0.39 is 0 Å². The van der Waals surface area contributed by atoms with Crippen LogP contribution in [0.4, 0.5) is 0 Å². The molecule has 0 spiro atoms. The van der Waals surface area contributed by atoms with Gasteiger partial charge >= 0.3 is 0 Å². The number of hydrogen-bond donors (Lipinski definition) is 2. The minimum absolute atomic E-state index is 0.313. The first-order chi connectivity index (χ1) is 9.76. The Balaban J connectivity index is 1.71. The second-order valence-electron chi connectivity index (χ2n) is 5.77. The summed E-state index contributed by atoms with van der Waals surface area (Å²) in [4.78, 5) is 0. The number of aryl methyl sites for hydroxylation is 2. The Hall–Kier alpha value is -1.65. The molecule has 0 bridgehead atoms. The summed E-state index contributed by atoms with van der Waals surface area (Å²) < 4.78 is 1.85. The normalized spacial score (nSPS) is 19.6. The molecule has 4 nitrogen and oxygen atoms in total. The molecule has 106 valence electrons. The highest BCUT2D eigenvalue weighted by atomic mass is 15.2. The molecule has 0 fully saturated rings. The second-order valence-corrected chi connectivity index (χ2v) is 5.77. The van der Waals surface area contributed by atoms with Crippen LogP contribution in [0.3, 0.4) is 0 Å². The van der Waals surface area contributed by atoms with Gasteiger partial charge in [-0.1, -0.05) is 24.3 Å². The number of nitrogens with one attached hydrogen (secondary N) is 1. The van der Waals surface area contributed by atoms with E-state index in [4.69, 9.17) is 5.84 Å². The molecule has 0 saturated carbocycles. The Morgan fingerprint density at radius 2 is 2.20 bits per heavy atom. The van der Waals surface area contributed by atoms with Crippen molar-refractivity contribution in [2.75, 3.05) is 0 Å². The second kappa shape index (κ2) is 5.77. The zero-order valence-electron chi connectivity index (χ0n) is 11.9. The molecule has 2 aromatic rings. The van der Waals surface area contributed by atoms with Crippen molar-refractivity contribution in [2.24, 2.45) is 18.8 Å². The Kier molecular flexibility index (Phi) is 3.85. The first kappa shape index (κ1) is 13.3. The van der Waals surface area contributed by atoms with Crippen LogP contribution in [0.25, 0.3) is 0 Å². The number of fused-ring (bicyclic) bond motifs is 1. The summed E-state index contributed by atoms with van der Waals surface area (Å²) in [5.41, 5.74) is 7.25. The van der Waals surface area contributed by atoms with E-state index in [-0.39, 0.29) is 0 Å². The number of nitrogens with two attached hydrogens (primary N) is 1. The third-order valence-corrected chi connectivity index (χ3v) is 4.38. The minimum atomic E-state index is 0.313. The van der Waals surface area contributed by atoms with E-state index in [9.17, 15) is 0 Å². The van der Waals surface area contributed by atoms with E-state index in [0.717, 1.165) is 19.3 Å². The van der Waals surface area contributed by atoms with Gasteiger partial charge in [0.1, 0.15) is 0 Å². The summed E-state index contributed by atoms with van der Waals surface area (Å²) in [6.45, 7) is 0. The lowest BCUT2D eigenvalue weighted by Crippen LogP contribution is -2.44. The van der Waals surface area contributed by atoms with E-state index in [2.05, 4.69) is 41.0 Å². The molecule has 2 unspecified atom stereocenters. The average Bonchev–Trinajstić information content (AvgIpc) is 2.89. The van der Waals surface area contributed by atoms with Crippen LogP contribution in [0.2, 0.25) is 0 Å². The van der Waals surface area contributed by atoms with E-state index in [1.54, 1.807) is 0 Å². The molecule has 3 rings (SSSR count). The van der Waals surface area contributed by atoms with Crippen molar-refractivity contribution in [3.8, 4) is 0 Å². The fraction of sp³-hybridized carbons (Fsp3) is 0.438. The van der Waals surface area contributed by atoms with Gasteiger partial charge in [0.05, 0.1) is 6.20 Å². The molecular formula is C16H22N4. The molecule has 1 aliphatic rings. The van der Waals surface area contributed by atoms with Crippen molar-refractivity contribution in [3.63, 3.8) is 0 Å². The van der Waals surface area contributed by atoms with Gasteiger partial charge in [0.15, 0.2) is 0 Å². The molecule has 1 aliphatic carbocycles. The first-order valence-electron chi connectivity index (χ1n) is 7.26. The van der Waals surface area contributed by atoms with Crippen LogP contribution in [0.1, 0.15) is 23.1 Å². The molecule has 0 amide bonds. The Labute approximate surface area is 120 Å². The summed E-state index contributed by atoms with van der Waals surface area (Å²) in [5.74, 6) is 6.39. The maximum Gasteiger partial charge on any atom is 0.0522 e. The summed E-state index contributed by atoms with van der Waals surface area (Å²) >= 11 is 0. The summed E-state index contributed by atoms with van der Waals surface area (Å²) in [7, 11) is 1.95. The maximum absolute atomic E-state index is 5.80. The lowest BCUT2D eigenvalue weighted by Gasteiger charge is -2.31. The van der Waals surface area contributed by atoms with Crippen LogP contribution >= 0.6 is 0 Å². The molecule has 1 heterocycles. The van der Waals surface area contributed by atoms with Gasteiger partial charge in [-0.15, -0.1) is 0 Å². The molecule has 0 saturated heterocycles. The van der Waals surface area contributed by atoms with Gasteiger partial charge in [-0.05, 0) is 48.3 Å². The van der Waals surface area contributed by atoms with Crippen molar-refractivity contribution < 1.29 is 0 Å². The van der Waals surface area contributed by atoms with Crippen molar-refractivity contribution >= 4 is 0 Å². The molecule has 0 aliphatic heterocycles. The Morgan fingerprint density at radius 3 is 2.90 bits per heavy atom. The third kappa shape index (κ3) is 2.76. The number of aromatic nitrogens is 2. The third-order valence-electron chi connectivity index (χ3n) is 4.38. The fourth-order valence-electron chi connectivity index (χ4n) is 3.26. The van der Waals surface area contributed by atoms with Crippen molar-refractivity contribution in [2.45, 2.75) is 31.7 Å². The number of nitrogens with zero attached hydrogens (tertiary/aromatic N) is 2. The Morgan fingerprint density at radius 1 is 1.40 bits per heavy atom. The maximum atomic E-state index is 5.80. The smallest absolute Gasteiger partial charge is 0.0522 e. The zero-order valence-corrected chi connectivity index (χ0v) is 11.9. The van der Waals surface area contributed by atoms with Crippen LogP contribution < -0.4 is 11.3 Å². The van der Waals surface area contributed by atoms with Crippen molar-refractivity contribution in [1.82, 2.24) is 15.2 Å². The van der Waals surface area contributed by atoms with Crippen LogP contribution in [0, 0.1) is 5.92 Å². The van der Waals surface area contributed by atoms with Crippen LogP contribution in [-0.4, -0.2) is 15.8 Å². The first-order valence-corrected chi connectivity index (χ1v) is 7.26. The number of hydrazine groups is 1. The summed E-state index contributed by atoms with van der Waals surface area (Å²) in [5, 5.41) is 4.23. The highest BCUT2D eigenvalue weighted by molar-refractivity contribution is 5.30.